The summed E-state index contributed by atoms with van der Waals surface area (Å²) >= 11 is 8.84. The molecular weight excluding hydrogens is 380 g/mol. The molecule has 1 fully saturated rings. The van der Waals surface area contributed by atoms with Gasteiger partial charge in [-0.1, -0.05) is 11.6 Å². The average molecular weight is 395 g/mol. The van der Waals surface area contributed by atoms with E-state index >= 15 is 0 Å². The number of thiophene rings is 1. The molecule has 1 amide bonds. The predicted molar refractivity (Wildman–Crippen MR) is 99.1 cm³/mol. The van der Waals surface area contributed by atoms with Crippen LogP contribution in [-0.2, 0) is 16.6 Å². The van der Waals surface area contributed by atoms with Crippen molar-refractivity contribution in [1.29, 1.82) is 0 Å². The molecule has 0 aromatic carbocycles. The third-order valence-corrected chi connectivity index (χ3v) is 6.15. The van der Waals surface area contributed by atoms with E-state index in [9.17, 15) is 4.79 Å². The summed E-state index contributed by atoms with van der Waals surface area (Å²) in [5, 5.41) is 9.59. The van der Waals surface area contributed by atoms with Crippen LogP contribution < -0.4 is 5.32 Å². The van der Waals surface area contributed by atoms with Crippen molar-refractivity contribution in [3.63, 3.8) is 0 Å². The molecule has 0 radical (unpaired) electrons. The van der Waals surface area contributed by atoms with Gasteiger partial charge in [-0.3, -0.25) is 9.48 Å². The van der Waals surface area contributed by atoms with Gasteiger partial charge in [0, 0.05) is 25.2 Å². The van der Waals surface area contributed by atoms with Crippen molar-refractivity contribution in [3.8, 4) is 10.6 Å². The van der Waals surface area contributed by atoms with Gasteiger partial charge in [0.1, 0.15) is 6.10 Å². The molecule has 0 spiro atoms. The number of thiazole rings is 1. The smallest absolute Gasteiger partial charge is 0.232 e. The van der Waals surface area contributed by atoms with Crippen molar-refractivity contribution < 1.29 is 9.53 Å². The Labute approximate surface area is 157 Å². The molecular formula is C16H15ClN4O2S2. The minimum Gasteiger partial charge on any atom is -0.371 e. The summed E-state index contributed by atoms with van der Waals surface area (Å²) in [6.07, 6.45) is 2.12. The zero-order valence-electron chi connectivity index (χ0n) is 13.3. The first-order valence-electron chi connectivity index (χ1n) is 7.73. The molecule has 3 aromatic rings. The SMILES string of the molecule is Cn1nccc1[C@@H]1OCC[C@H]1C(=O)Nc1nc(-c2ccc(Cl)s2)cs1. The molecule has 0 aliphatic carbocycles. The van der Waals surface area contributed by atoms with Crippen LogP contribution in [0.4, 0.5) is 5.13 Å². The molecule has 1 aliphatic rings. The van der Waals surface area contributed by atoms with Crippen molar-refractivity contribution in [1.82, 2.24) is 14.8 Å². The summed E-state index contributed by atoms with van der Waals surface area (Å²) < 4.78 is 8.24. The Morgan fingerprint density at radius 3 is 3.04 bits per heavy atom. The lowest BCUT2D eigenvalue weighted by atomic mass is 9.98. The minimum absolute atomic E-state index is 0.0752. The van der Waals surface area contributed by atoms with Crippen molar-refractivity contribution in [3.05, 3.63) is 39.8 Å². The average Bonchev–Trinajstić information content (AvgIpc) is 3.33. The van der Waals surface area contributed by atoms with Gasteiger partial charge in [-0.2, -0.15) is 5.10 Å². The lowest BCUT2D eigenvalue weighted by Gasteiger charge is -2.17. The van der Waals surface area contributed by atoms with Crippen LogP contribution >= 0.6 is 34.3 Å². The minimum atomic E-state index is -0.275. The van der Waals surface area contributed by atoms with Gasteiger partial charge in [-0.25, -0.2) is 4.98 Å². The lowest BCUT2D eigenvalue weighted by molar-refractivity contribution is -0.121. The van der Waals surface area contributed by atoms with E-state index in [0.29, 0.717) is 18.2 Å². The third kappa shape index (κ3) is 3.35. The van der Waals surface area contributed by atoms with Gasteiger partial charge in [0.05, 0.1) is 26.5 Å². The summed E-state index contributed by atoms with van der Waals surface area (Å²) in [5.41, 5.74) is 1.73. The van der Waals surface area contributed by atoms with Gasteiger partial charge in [-0.05, 0) is 24.6 Å². The second-order valence-electron chi connectivity index (χ2n) is 5.70. The predicted octanol–water partition coefficient (Wildman–Crippen LogP) is 3.97. The molecule has 9 heteroatoms. The van der Waals surface area contributed by atoms with E-state index in [4.69, 9.17) is 16.3 Å². The fourth-order valence-corrected chi connectivity index (χ4v) is 4.70. The highest BCUT2D eigenvalue weighted by Gasteiger charge is 2.37. The van der Waals surface area contributed by atoms with Crippen LogP contribution in [0, 0.1) is 5.92 Å². The summed E-state index contributed by atoms with van der Waals surface area (Å²) in [5.74, 6) is -0.326. The zero-order chi connectivity index (χ0) is 17.4. The summed E-state index contributed by atoms with van der Waals surface area (Å²) in [4.78, 5) is 18.2. The van der Waals surface area contributed by atoms with Gasteiger partial charge < -0.3 is 10.1 Å². The number of ether oxygens (including phenoxy) is 1. The number of aromatic nitrogens is 3. The molecule has 25 heavy (non-hydrogen) atoms. The zero-order valence-corrected chi connectivity index (χ0v) is 15.7. The van der Waals surface area contributed by atoms with E-state index in [-0.39, 0.29) is 17.9 Å². The monoisotopic (exact) mass is 394 g/mol. The molecule has 2 atom stereocenters. The first-order chi connectivity index (χ1) is 12.1. The van der Waals surface area contributed by atoms with Crippen molar-refractivity contribution >= 4 is 45.3 Å². The Hall–Kier alpha value is -1.74. The fourth-order valence-electron chi connectivity index (χ4n) is 2.91. The molecule has 6 nitrogen and oxygen atoms in total. The Morgan fingerprint density at radius 1 is 1.44 bits per heavy atom. The molecule has 4 heterocycles. The molecule has 0 bridgehead atoms. The summed E-state index contributed by atoms with van der Waals surface area (Å²) in [7, 11) is 1.85. The van der Waals surface area contributed by atoms with Crippen LogP contribution in [0.1, 0.15) is 18.2 Å². The number of hydrogen-bond acceptors (Lipinski definition) is 6. The van der Waals surface area contributed by atoms with Crippen LogP contribution in [0.3, 0.4) is 0 Å². The number of amides is 1. The largest absolute Gasteiger partial charge is 0.371 e. The summed E-state index contributed by atoms with van der Waals surface area (Å²) in [6.45, 7) is 0.560. The van der Waals surface area contributed by atoms with Gasteiger partial charge in [0.15, 0.2) is 5.13 Å². The number of hydrogen-bond donors (Lipinski definition) is 1. The molecule has 0 saturated carbocycles. The second kappa shape index (κ2) is 6.87. The van der Waals surface area contributed by atoms with Crippen LogP contribution in [0.5, 0.6) is 0 Å². The first-order valence-corrected chi connectivity index (χ1v) is 9.81. The highest BCUT2D eigenvalue weighted by molar-refractivity contribution is 7.20. The maximum Gasteiger partial charge on any atom is 0.232 e. The molecule has 4 rings (SSSR count). The van der Waals surface area contributed by atoms with E-state index < -0.39 is 0 Å². The Bertz CT molecular complexity index is 903. The molecule has 1 N–H and O–H groups in total. The quantitative estimate of drug-likeness (QED) is 0.726. The Kier molecular flexibility index (Phi) is 4.60. The van der Waals surface area contributed by atoms with Crippen LogP contribution in [0.15, 0.2) is 29.8 Å². The number of carbonyl (C=O) groups is 1. The lowest BCUT2D eigenvalue weighted by Crippen LogP contribution is -2.26. The highest BCUT2D eigenvalue weighted by atomic mass is 35.5. The number of carbonyl (C=O) groups excluding carboxylic acids is 1. The highest BCUT2D eigenvalue weighted by Crippen LogP contribution is 2.36. The Morgan fingerprint density at radius 2 is 2.32 bits per heavy atom. The normalized spacial score (nSPS) is 20.1. The van der Waals surface area contributed by atoms with E-state index in [1.807, 2.05) is 30.6 Å². The van der Waals surface area contributed by atoms with Crippen molar-refractivity contribution in [2.75, 3.05) is 11.9 Å². The number of aryl methyl sites for hydroxylation is 1. The fraction of sp³-hybridized carbons (Fsp3) is 0.312. The number of anilines is 1. The Balaban J connectivity index is 1.48. The summed E-state index contributed by atoms with van der Waals surface area (Å²) in [6, 6.07) is 5.66. The first kappa shape index (κ1) is 16.7. The number of rotatable bonds is 4. The van der Waals surface area contributed by atoms with E-state index in [2.05, 4.69) is 15.4 Å². The molecule has 0 unspecified atom stereocenters. The van der Waals surface area contributed by atoms with E-state index in [0.717, 1.165) is 20.6 Å². The maximum atomic E-state index is 12.7. The van der Waals surface area contributed by atoms with Crippen molar-refractivity contribution in [2.45, 2.75) is 12.5 Å². The number of nitrogens with zero attached hydrogens (tertiary/aromatic N) is 3. The van der Waals surface area contributed by atoms with Gasteiger partial charge in [0.25, 0.3) is 0 Å². The topological polar surface area (TPSA) is 69.0 Å². The molecule has 3 aromatic heterocycles. The molecule has 130 valence electrons. The van der Waals surface area contributed by atoms with Gasteiger partial charge in [-0.15, -0.1) is 22.7 Å². The van der Waals surface area contributed by atoms with Gasteiger partial charge >= 0.3 is 0 Å². The molecule has 1 saturated heterocycles. The van der Waals surface area contributed by atoms with Crippen LogP contribution in [-0.4, -0.2) is 27.3 Å². The standard InChI is InChI=1S/C16H15ClN4O2S2/c1-21-11(4-6-18-21)14-9(5-7-23-14)15(22)20-16-19-10(8-24-16)12-2-3-13(17)25-12/h2-4,6,8-9,14H,5,7H2,1H3,(H,19,20,22)/t9-,14-/m1/s1. The second-order valence-corrected chi connectivity index (χ2v) is 8.27. The van der Waals surface area contributed by atoms with Crippen molar-refractivity contribution in [2.24, 2.45) is 13.0 Å². The maximum absolute atomic E-state index is 12.7. The number of halogens is 1. The molecule has 1 aliphatic heterocycles. The van der Waals surface area contributed by atoms with E-state index in [1.165, 1.54) is 22.7 Å². The van der Waals surface area contributed by atoms with Crippen LogP contribution in [0.25, 0.3) is 10.6 Å². The third-order valence-electron chi connectivity index (χ3n) is 4.14. The van der Waals surface area contributed by atoms with Crippen LogP contribution in [0.2, 0.25) is 4.34 Å². The number of nitrogens with one attached hydrogen (secondary N) is 1. The van der Waals surface area contributed by atoms with Gasteiger partial charge in [0.2, 0.25) is 5.91 Å². The van der Waals surface area contributed by atoms with E-state index in [1.54, 1.807) is 10.9 Å².